The Balaban J connectivity index is 1.97. The number of aliphatic carboxylic acids is 1. The molecule has 0 spiro atoms. The molecule has 0 amide bonds. The maximum atomic E-state index is 10.9. The van der Waals surface area contributed by atoms with Crippen molar-refractivity contribution in [2.24, 2.45) is 11.3 Å². The Bertz CT molecular complexity index is 178. The van der Waals surface area contributed by atoms with E-state index in [0.717, 1.165) is 31.6 Å². The second kappa shape index (κ2) is 2.23. The van der Waals surface area contributed by atoms with Gasteiger partial charge in [-0.15, -0.1) is 0 Å². The quantitative estimate of drug-likeness (QED) is 0.675. The molecule has 0 radical (unpaired) electrons. The SMILES string of the molecule is O=C(O)C1(CC2CC2)CCC1. The molecule has 0 bridgehead atoms. The van der Waals surface area contributed by atoms with Gasteiger partial charge in [-0.1, -0.05) is 19.3 Å². The fourth-order valence-electron chi connectivity index (χ4n) is 1.98. The molecule has 2 aliphatic rings. The van der Waals surface area contributed by atoms with Crippen molar-refractivity contribution in [3.8, 4) is 0 Å². The van der Waals surface area contributed by atoms with E-state index in [9.17, 15) is 4.79 Å². The van der Waals surface area contributed by atoms with Crippen LogP contribution in [-0.4, -0.2) is 11.1 Å². The van der Waals surface area contributed by atoms with Gasteiger partial charge in [-0.2, -0.15) is 0 Å². The molecule has 2 heteroatoms. The summed E-state index contributed by atoms with van der Waals surface area (Å²) in [6.45, 7) is 0. The molecular weight excluding hydrogens is 140 g/mol. The van der Waals surface area contributed by atoms with Gasteiger partial charge < -0.3 is 5.11 Å². The van der Waals surface area contributed by atoms with Crippen molar-refractivity contribution in [1.82, 2.24) is 0 Å². The third-order valence-electron chi connectivity index (χ3n) is 3.14. The number of carboxylic acids is 1. The average Bonchev–Trinajstić information content (AvgIpc) is 2.60. The predicted octanol–water partition coefficient (Wildman–Crippen LogP) is 2.04. The van der Waals surface area contributed by atoms with E-state index < -0.39 is 5.97 Å². The molecule has 2 rings (SSSR count). The summed E-state index contributed by atoms with van der Waals surface area (Å²) in [4.78, 5) is 10.9. The van der Waals surface area contributed by atoms with Crippen LogP contribution in [0.15, 0.2) is 0 Å². The molecule has 62 valence electrons. The van der Waals surface area contributed by atoms with E-state index in [1.54, 1.807) is 0 Å². The molecule has 2 saturated carbocycles. The minimum absolute atomic E-state index is 0.277. The molecule has 0 aromatic rings. The van der Waals surface area contributed by atoms with Crippen LogP contribution >= 0.6 is 0 Å². The molecule has 1 N–H and O–H groups in total. The first-order valence-corrected chi connectivity index (χ1v) is 4.46. The largest absolute Gasteiger partial charge is 0.481 e. The van der Waals surface area contributed by atoms with Crippen LogP contribution in [0.5, 0.6) is 0 Å². The lowest BCUT2D eigenvalue weighted by Gasteiger charge is -2.37. The predicted molar refractivity (Wildman–Crippen MR) is 41.3 cm³/mol. The topological polar surface area (TPSA) is 37.3 Å². The summed E-state index contributed by atoms with van der Waals surface area (Å²) in [7, 11) is 0. The maximum absolute atomic E-state index is 10.9. The van der Waals surface area contributed by atoms with E-state index >= 15 is 0 Å². The van der Waals surface area contributed by atoms with Gasteiger partial charge in [0.2, 0.25) is 0 Å². The van der Waals surface area contributed by atoms with Gasteiger partial charge in [0.25, 0.3) is 0 Å². The monoisotopic (exact) mass is 154 g/mol. The van der Waals surface area contributed by atoms with Gasteiger partial charge in [-0.25, -0.2) is 0 Å². The lowest BCUT2D eigenvalue weighted by Crippen LogP contribution is -2.38. The summed E-state index contributed by atoms with van der Waals surface area (Å²) in [6, 6.07) is 0. The fraction of sp³-hybridized carbons (Fsp3) is 0.889. The molecule has 0 atom stereocenters. The van der Waals surface area contributed by atoms with E-state index in [-0.39, 0.29) is 5.41 Å². The van der Waals surface area contributed by atoms with Crippen molar-refractivity contribution in [3.63, 3.8) is 0 Å². The van der Waals surface area contributed by atoms with E-state index in [4.69, 9.17) is 5.11 Å². The lowest BCUT2D eigenvalue weighted by atomic mass is 9.66. The normalized spacial score (nSPS) is 27.6. The van der Waals surface area contributed by atoms with Crippen LogP contribution < -0.4 is 0 Å². The first-order valence-electron chi connectivity index (χ1n) is 4.46. The van der Waals surface area contributed by atoms with Crippen LogP contribution in [0.2, 0.25) is 0 Å². The summed E-state index contributed by atoms with van der Waals surface area (Å²) in [5, 5.41) is 8.96. The Hall–Kier alpha value is -0.530. The van der Waals surface area contributed by atoms with Crippen LogP contribution in [0.25, 0.3) is 0 Å². The van der Waals surface area contributed by atoms with Gasteiger partial charge in [0.05, 0.1) is 5.41 Å². The minimum Gasteiger partial charge on any atom is -0.481 e. The van der Waals surface area contributed by atoms with Gasteiger partial charge in [0, 0.05) is 0 Å². The third-order valence-corrected chi connectivity index (χ3v) is 3.14. The lowest BCUT2D eigenvalue weighted by molar-refractivity contribution is -0.155. The highest BCUT2D eigenvalue weighted by Crippen LogP contribution is 2.51. The van der Waals surface area contributed by atoms with Gasteiger partial charge in [0.1, 0.15) is 0 Å². The Labute approximate surface area is 66.6 Å². The number of rotatable bonds is 3. The van der Waals surface area contributed by atoms with Gasteiger partial charge in [-0.05, 0) is 25.2 Å². The highest BCUT2D eigenvalue weighted by molar-refractivity contribution is 5.75. The van der Waals surface area contributed by atoms with Crippen LogP contribution in [0, 0.1) is 11.3 Å². The summed E-state index contributed by atoms with van der Waals surface area (Å²) < 4.78 is 0. The van der Waals surface area contributed by atoms with E-state index in [0.29, 0.717) is 0 Å². The van der Waals surface area contributed by atoms with Crippen LogP contribution in [-0.2, 0) is 4.79 Å². The van der Waals surface area contributed by atoms with Crippen LogP contribution in [0.4, 0.5) is 0 Å². The van der Waals surface area contributed by atoms with Gasteiger partial charge in [0.15, 0.2) is 0 Å². The van der Waals surface area contributed by atoms with Gasteiger partial charge >= 0.3 is 5.97 Å². The molecule has 2 aliphatic carbocycles. The molecule has 0 aromatic heterocycles. The minimum atomic E-state index is -0.546. The second-order valence-electron chi connectivity index (χ2n) is 4.09. The molecule has 0 aromatic carbocycles. The smallest absolute Gasteiger partial charge is 0.309 e. The van der Waals surface area contributed by atoms with E-state index in [2.05, 4.69) is 0 Å². The summed E-state index contributed by atoms with van der Waals surface area (Å²) >= 11 is 0. The zero-order chi connectivity index (χ0) is 7.90. The molecule has 0 heterocycles. The maximum Gasteiger partial charge on any atom is 0.309 e. The zero-order valence-corrected chi connectivity index (χ0v) is 6.68. The van der Waals surface area contributed by atoms with Crippen LogP contribution in [0.3, 0.4) is 0 Å². The number of hydrogen-bond acceptors (Lipinski definition) is 1. The second-order valence-corrected chi connectivity index (χ2v) is 4.09. The molecular formula is C9H14O2. The van der Waals surface area contributed by atoms with Crippen LogP contribution in [0.1, 0.15) is 38.5 Å². The Morgan fingerprint density at radius 2 is 2.09 bits per heavy atom. The zero-order valence-electron chi connectivity index (χ0n) is 6.68. The Kier molecular flexibility index (Phi) is 1.44. The first-order chi connectivity index (χ1) is 5.23. The molecule has 2 nitrogen and oxygen atoms in total. The van der Waals surface area contributed by atoms with Crippen molar-refractivity contribution < 1.29 is 9.90 Å². The summed E-state index contributed by atoms with van der Waals surface area (Å²) in [5.74, 6) is 0.210. The summed E-state index contributed by atoms with van der Waals surface area (Å²) in [5.41, 5.74) is -0.277. The average molecular weight is 154 g/mol. The molecule has 0 aliphatic heterocycles. The number of carbonyl (C=O) groups is 1. The molecule has 0 unspecified atom stereocenters. The number of hydrogen-bond donors (Lipinski definition) is 1. The Morgan fingerprint density at radius 3 is 2.36 bits per heavy atom. The first kappa shape index (κ1) is 7.14. The summed E-state index contributed by atoms with van der Waals surface area (Å²) in [6.07, 6.45) is 6.49. The van der Waals surface area contributed by atoms with E-state index in [1.807, 2.05) is 0 Å². The van der Waals surface area contributed by atoms with Crippen molar-refractivity contribution in [3.05, 3.63) is 0 Å². The fourth-order valence-corrected chi connectivity index (χ4v) is 1.98. The van der Waals surface area contributed by atoms with E-state index in [1.165, 1.54) is 12.8 Å². The van der Waals surface area contributed by atoms with Crippen molar-refractivity contribution >= 4 is 5.97 Å². The van der Waals surface area contributed by atoms with Crippen molar-refractivity contribution in [1.29, 1.82) is 0 Å². The van der Waals surface area contributed by atoms with Crippen molar-refractivity contribution in [2.45, 2.75) is 38.5 Å². The van der Waals surface area contributed by atoms with Crippen molar-refractivity contribution in [2.75, 3.05) is 0 Å². The van der Waals surface area contributed by atoms with Gasteiger partial charge in [-0.3, -0.25) is 4.79 Å². The third kappa shape index (κ3) is 1.15. The molecule has 2 fully saturated rings. The number of carboxylic acid groups (broad SMARTS) is 1. The Morgan fingerprint density at radius 1 is 1.45 bits per heavy atom. The highest BCUT2D eigenvalue weighted by Gasteiger charge is 2.47. The molecule has 11 heavy (non-hydrogen) atoms. The standard InChI is InChI=1S/C9H14O2/c10-8(11)9(4-1-5-9)6-7-2-3-7/h7H,1-6H2,(H,10,11). The molecule has 0 saturated heterocycles. The highest BCUT2D eigenvalue weighted by atomic mass is 16.4.